The minimum atomic E-state index is -0.0530. The first-order chi connectivity index (χ1) is 7.88. The van der Waals surface area contributed by atoms with E-state index in [1.807, 2.05) is 24.4 Å². The Labute approximate surface area is 93.9 Å². The van der Waals surface area contributed by atoms with Crippen molar-refractivity contribution in [1.82, 2.24) is 10.3 Å². The number of furan rings is 1. The van der Waals surface area contributed by atoms with E-state index in [1.54, 1.807) is 12.3 Å². The van der Waals surface area contributed by atoms with E-state index >= 15 is 0 Å². The summed E-state index contributed by atoms with van der Waals surface area (Å²) in [6.45, 7) is 1.35. The molecule has 0 radical (unpaired) electrons. The van der Waals surface area contributed by atoms with Crippen molar-refractivity contribution in [2.24, 2.45) is 0 Å². The van der Waals surface area contributed by atoms with Gasteiger partial charge in [-0.25, -0.2) is 0 Å². The Bertz CT molecular complexity index is 426. The van der Waals surface area contributed by atoms with Gasteiger partial charge in [0.1, 0.15) is 18.1 Å². The zero-order valence-corrected chi connectivity index (χ0v) is 8.89. The second-order valence-electron chi connectivity index (χ2n) is 3.49. The molecule has 0 aromatic carbocycles. The third-order valence-corrected chi connectivity index (χ3v) is 2.22. The number of pyridine rings is 1. The van der Waals surface area contributed by atoms with Crippen LogP contribution in [0.5, 0.6) is 0 Å². The summed E-state index contributed by atoms with van der Waals surface area (Å²) in [4.78, 5) is 4.03. The number of nitrogens with zero attached hydrogens (tertiary/aromatic N) is 1. The average molecular weight is 218 g/mol. The van der Waals surface area contributed by atoms with Crippen LogP contribution in [0.25, 0.3) is 0 Å². The van der Waals surface area contributed by atoms with Crippen molar-refractivity contribution in [1.29, 1.82) is 0 Å². The van der Waals surface area contributed by atoms with E-state index in [4.69, 9.17) is 9.52 Å². The van der Waals surface area contributed by atoms with Crippen molar-refractivity contribution in [3.05, 3.63) is 53.7 Å². The second-order valence-corrected chi connectivity index (χ2v) is 3.49. The van der Waals surface area contributed by atoms with E-state index in [0.717, 1.165) is 17.9 Å². The molecule has 0 amide bonds. The van der Waals surface area contributed by atoms with Gasteiger partial charge >= 0.3 is 0 Å². The lowest BCUT2D eigenvalue weighted by molar-refractivity contribution is 0.242. The van der Waals surface area contributed by atoms with Crippen LogP contribution in [-0.2, 0) is 19.7 Å². The maximum atomic E-state index is 8.83. The highest BCUT2D eigenvalue weighted by molar-refractivity contribution is 5.09. The molecular formula is C12H14N2O2. The largest absolute Gasteiger partial charge is 0.462 e. The minimum Gasteiger partial charge on any atom is -0.462 e. The van der Waals surface area contributed by atoms with Gasteiger partial charge in [-0.05, 0) is 23.8 Å². The summed E-state index contributed by atoms with van der Waals surface area (Å²) < 4.78 is 5.34. The van der Waals surface area contributed by atoms with Gasteiger partial charge in [-0.3, -0.25) is 4.98 Å². The van der Waals surface area contributed by atoms with Crippen LogP contribution in [0.3, 0.4) is 0 Å². The highest BCUT2D eigenvalue weighted by atomic mass is 16.4. The van der Waals surface area contributed by atoms with Crippen LogP contribution in [0.2, 0.25) is 0 Å². The Hall–Kier alpha value is -1.65. The van der Waals surface area contributed by atoms with E-state index in [0.29, 0.717) is 12.3 Å². The summed E-state index contributed by atoms with van der Waals surface area (Å²) in [6.07, 6.45) is 3.58. The van der Waals surface area contributed by atoms with Crippen molar-refractivity contribution in [3.63, 3.8) is 0 Å². The molecule has 16 heavy (non-hydrogen) atoms. The van der Waals surface area contributed by atoms with Crippen molar-refractivity contribution in [2.75, 3.05) is 0 Å². The van der Waals surface area contributed by atoms with E-state index in [1.165, 1.54) is 0 Å². The molecular weight excluding hydrogens is 204 g/mol. The molecule has 0 saturated carbocycles. The molecule has 0 fully saturated rings. The molecule has 0 aliphatic carbocycles. The zero-order chi connectivity index (χ0) is 11.2. The fraction of sp³-hybridized carbons (Fsp3) is 0.250. The first-order valence-electron chi connectivity index (χ1n) is 5.16. The number of hydrogen-bond acceptors (Lipinski definition) is 4. The average Bonchev–Trinajstić information content (AvgIpc) is 2.78. The van der Waals surface area contributed by atoms with Crippen molar-refractivity contribution in [2.45, 2.75) is 19.7 Å². The molecule has 2 heterocycles. The number of rotatable bonds is 5. The number of nitrogens with one attached hydrogen (secondary N) is 1. The van der Waals surface area contributed by atoms with Crippen molar-refractivity contribution < 1.29 is 9.52 Å². The van der Waals surface area contributed by atoms with Crippen LogP contribution in [0.15, 0.2) is 41.1 Å². The topological polar surface area (TPSA) is 58.3 Å². The second kappa shape index (κ2) is 5.44. The number of aliphatic hydroxyl groups excluding tert-OH is 1. The zero-order valence-electron chi connectivity index (χ0n) is 8.89. The van der Waals surface area contributed by atoms with Gasteiger partial charge < -0.3 is 14.8 Å². The van der Waals surface area contributed by atoms with Gasteiger partial charge in [-0.2, -0.15) is 0 Å². The quantitative estimate of drug-likeness (QED) is 0.797. The molecule has 2 N–H and O–H groups in total. The summed E-state index contributed by atoms with van der Waals surface area (Å²) >= 11 is 0. The van der Waals surface area contributed by atoms with E-state index < -0.39 is 0 Å². The monoisotopic (exact) mass is 218 g/mol. The van der Waals surface area contributed by atoms with Gasteiger partial charge in [-0.15, -0.1) is 0 Å². The van der Waals surface area contributed by atoms with Crippen molar-refractivity contribution in [3.8, 4) is 0 Å². The summed E-state index contributed by atoms with van der Waals surface area (Å²) in [5.41, 5.74) is 1.14. The normalized spacial score (nSPS) is 10.6. The molecule has 2 rings (SSSR count). The lowest BCUT2D eigenvalue weighted by atomic mass is 10.3. The molecule has 0 aliphatic heterocycles. The lowest BCUT2D eigenvalue weighted by Gasteiger charge is -2.01. The Morgan fingerprint density at radius 1 is 1.19 bits per heavy atom. The SMILES string of the molecule is OCc1ccc(CNCc2cccnc2)o1. The van der Waals surface area contributed by atoms with Crippen LogP contribution in [0, 0.1) is 0 Å². The Morgan fingerprint density at radius 2 is 2.06 bits per heavy atom. The maximum absolute atomic E-state index is 8.83. The fourth-order valence-corrected chi connectivity index (χ4v) is 1.44. The number of aliphatic hydroxyl groups is 1. The highest BCUT2D eigenvalue weighted by Crippen LogP contribution is 2.07. The van der Waals surface area contributed by atoms with Gasteiger partial charge in [0.05, 0.1) is 6.54 Å². The molecule has 0 saturated heterocycles. The first-order valence-corrected chi connectivity index (χ1v) is 5.16. The summed E-state index contributed by atoms with van der Waals surface area (Å²) in [6, 6.07) is 7.57. The Kier molecular flexibility index (Phi) is 3.69. The Balaban J connectivity index is 1.80. The maximum Gasteiger partial charge on any atom is 0.129 e. The molecule has 0 atom stereocenters. The number of hydrogen-bond donors (Lipinski definition) is 2. The third-order valence-electron chi connectivity index (χ3n) is 2.22. The van der Waals surface area contributed by atoms with E-state index in [9.17, 15) is 0 Å². The summed E-state index contributed by atoms with van der Waals surface area (Å²) in [5, 5.41) is 12.1. The molecule has 84 valence electrons. The molecule has 0 spiro atoms. The van der Waals surface area contributed by atoms with Crippen molar-refractivity contribution >= 4 is 0 Å². The van der Waals surface area contributed by atoms with Gasteiger partial charge in [-0.1, -0.05) is 6.07 Å². The van der Waals surface area contributed by atoms with Crippen LogP contribution >= 0.6 is 0 Å². The van der Waals surface area contributed by atoms with Crippen LogP contribution < -0.4 is 5.32 Å². The van der Waals surface area contributed by atoms with E-state index in [2.05, 4.69) is 10.3 Å². The first kappa shape index (κ1) is 10.9. The predicted molar refractivity (Wildman–Crippen MR) is 59.4 cm³/mol. The molecule has 0 aliphatic rings. The van der Waals surface area contributed by atoms with Crippen LogP contribution in [0.1, 0.15) is 17.1 Å². The minimum absolute atomic E-state index is 0.0530. The lowest BCUT2D eigenvalue weighted by Crippen LogP contribution is -2.12. The van der Waals surface area contributed by atoms with Crippen LogP contribution in [-0.4, -0.2) is 10.1 Å². The molecule has 0 unspecified atom stereocenters. The number of aromatic nitrogens is 1. The fourth-order valence-electron chi connectivity index (χ4n) is 1.44. The molecule has 2 aromatic rings. The summed E-state index contributed by atoms with van der Waals surface area (Å²) in [5.74, 6) is 1.42. The van der Waals surface area contributed by atoms with Gasteiger partial charge in [0, 0.05) is 18.9 Å². The summed E-state index contributed by atoms with van der Waals surface area (Å²) in [7, 11) is 0. The highest BCUT2D eigenvalue weighted by Gasteiger charge is 2.00. The Morgan fingerprint density at radius 3 is 2.75 bits per heavy atom. The molecule has 4 heteroatoms. The standard InChI is InChI=1S/C12H14N2O2/c15-9-12-4-3-11(16-12)8-14-7-10-2-1-5-13-6-10/h1-6,14-15H,7-9H2. The predicted octanol–water partition coefficient (Wildman–Crippen LogP) is 1.46. The molecule has 0 bridgehead atoms. The van der Waals surface area contributed by atoms with Gasteiger partial charge in [0.2, 0.25) is 0 Å². The van der Waals surface area contributed by atoms with Gasteiger partial charge in [0.25, 0.3) is 0 Å². The van der Waals surface area contributed by atoms with Crippen LogP contribution in [0.4, 0.5) is 0 Å². The smallest absolute Gasteiger partial charge is 0.129 e. The van der Waals surface area contributed by atoms with Gasteiger partial charge in [0.15, 0.2) is 0 Å². The third kappa shape index (κ3) is 2.92. The van der Waals surface area contributed by atoms with E-state index in [-0.39, 0.29) is 6.61 Å². The molecule has 4 nitrogen and oxygen atoms in total. The molecule has 2 aromatic heterocycles.